The van der Waals surface area contributed by atoms with Crippen molar-refractivity contribution in [1.82, 2.24) is 4.90 Å². The fraction of sp³-hybridized carbons (Fsp3) is 1.00. The highest BCUT2D eigenvalue weighted by molar-refractivity contribution is 4.66. The van der Waals surface area contributed by atoms with Gasteiger partial charge in [-0.3, -0.25) is 0 Å². The smallest absolute Gasteiger partial charge is 0.00388 e. The summed E-state index contributed by atoms with van der Waals surface area (Å²) in [6, 6.07) is 0.536. The average Bonchev–Trinajstić information content (AvgIpc) is 2.81. The van der Waals surface area contributed by atoms with Crippen molar-refractivity contribution in [3.8, 4) is 0 Å². The maximum Gasteiger partial charge on any atom is 0.00388 e. The molecule has 1 rings (SSSR count). The van der Waals surface area contributed by atoms with Gasteiger partial charge in [0.15, 0.2) is 0 Å². The molecule has 0 atom stereocenters. The van der Waals surface area contributed by atoms with E-state index in [2.05, 4.69) is 25.7 Å². The van der Waals surface area contributed by atoms with Crippen LogP contribution in [0.1, 0.15) is 168 Å². The number of hydrogen-bond acceptors (Lipinski definition) is 2. The van der Waals surface area contributed by atoms with E-state index in [0.717, 1.165) is 0 Å². The van der Waals surface area contributed by atoms with E-state index in [1.165, 1.54) is 167 Å². The van der Waals surface area contributed by atoms with Crippen LogP contribution in [0.4, 0.5) is 0 Å². The summed E-state index contributed by atoms with van der Waals surface area (Å²) < 4.78 is 0. The summed E-state index contributed by atoms with van der Waals surface area (Å²) in [5, 5.41) is 0. The lowest BCUT2D eigenvalue weighted by Crippen LogP contribution is -2.27. The number of hydrogen-bond donors (Lipinski definition) is 1. The van der Waals surface area contributed by atoms with Crippen LogP contribution in [-0.4, -0.2) is 30.6 Å². The third-order valence-electron chi connectivity index (χ3n) is 7.13. The van der Waals surface area contributed by atoms with Crippen molar-refractivity contribution >= 4 is 0 Å². The lowest BCUT2D eigenvalue weighted by atomic mass is 9.97. The Kier molecular flexibility index (Phi) is 27.1. The molecule has 0 radical (unpaired) electrons. The first-order valence-electron chi connectivity index (χ1n) is 15.2. The third kappa shape index (κ3) is 24.6. The normalized spacial score (nSPS) is 14.5. The van der Waals surface area contributed by atoms with Gasteiger partial charge in [0.05, 0.1) is 0 Å². The molecule has 0 saturated heterocycles. The van der Waals surface area contributed by atoms with Crippen LogP contribution in [0.15, 0.2) is 0 Å². The quantitative estimate of drug-likeness (QED) is 0.176. The van der Waals surface area contributed by atoms with Crippen LogP contribution in [0.2, 0.25) is 0 Å². The Morgan fingerprint density at radius 2 is 0.781 bits per heavy atom. The maximum atomic E-state index is 5.63. The monoisotopic (exact) mass is 453 g/mol. The van der Waals surface area contributed by atoms with E-state index < -0.39 is 0 Å². The van der Waals surface area contributed by atoms with E-state index >= 15 is 0 Å². The van der Waals surface area contributed by atoms with Crippen LogP contribution in [-0.2, 0) is 0 Å². The van der Waals surface area contributed by atoms with Gasteiger partial charge in [-0.15, -0.1) is 0 Å². The molecule has 0 unspecified atom stereocenters. The fourth-order valence-corrected chi connectivity index (χ4v) is 4.82. The highest BCUT2D eigenvalue weighted by Gasteiger charge is 2.06. The largest absolute Gasteiger partial charge is 0.328 e. The summed E-state index contributed by atoms with van der Waals surface area (Å²) >= 11 is 0. The van der Waals surface area contributed by atoms with Crippen LogP contribution in [0.25, 0.3) is 0 Å². The van der Waals surface area contributed by atoms with Gasteiger partial charge in [-0.05, 0) is 51.7 Å². The van der Waals surface area contributed by atoms with Crippen LogP contribution < -0.4 is 5.73 Å². The SMILES string of the molecule is CCCCCCCCN(CCCCCCCC)CCCCCCCC.NC1CCCCC1. The van der Waals surface area contributed by atoms with E-state index in [1.54, 1.807) is 0 Å². The van der Waals surface area contributed by atoms with Gasteiger partial charge in [0.1, 0.15) is 0 Å². The van der Waals surface area contributed by atoms with Crippen LogP contribution >= 0.6 is 0 Å². The van der Waals surface area contributed by atoms with Crippen LogP contribution in [0.3, 0.4) is 0 Å². The summed E-state index contributed by atoms with van der Waals surface area (Å²) in [6.45, 7) is 11.0. The zero-order chi connectivity index (χ0) is 23.5. The molecule has 1 fully saturated rings. The number of rotatable bonds is 21. The Balaban J connectivity index is 0.00000115. The summed E-state index contributed by atoms with van der Waals surface area (Å²) in [5.41, 5.74) is 5.63. The first-order chi connectivity index (χ1) is 15.7. The molecule has 0 heterocycles. The lowest BCUT2D eigenvalue weighted by Gasteiger charge is -2.22. The Bertz CT molecular complexity index is 287. The van der Waals surface area contributed by atoms with Gasteiger partial charge in [0.25, 0.3) is 0 Å². The Hall–Kier alpha value is -0.0800. The summed E-state index contributed by atoms with van der Waals surface area (Å²) in [6.07, 6.45) is 32.4. The Morgan fingerprint density at radius 1 is 0.469 bits per heavy atom. The molecule has 2 heteroatoms. The first kappa shape index (κ1) is 31.9. The van der Waals surface area contributed by atoms with E-state index in [0.29, 0.717) is 6.04 Å². The summed E-state index contributed by atoms with van der Waals surface area (Å²) in [7, 11) is 0. The molecule has 1 aliphatic carbocycles. The van der Waals surface area contributed by atoms with E-state index in [4.69, 9.17) is 5.73 Å². The minimum Gasteiger partial charge on any atom is -0.328 e. The van der Waals surface area contributed by atoms with Gasteiger partial charge in [-0.1, -0.05) is 136 Å². The number of unbranched alkanes of at least 4 members (excludes halogenated alkanes) is 15. The second-order valence-corrected chi connectivity index (χ2v) is 10.5. The van der Waals surface area contributed by atoms with Gasteiger partial charge in [0, 0.05) is 6.04 Å². The minimum absolute atomic E-state index is 0.536. The minimum atomic E-state index is 0.536. The van der Waals surface area contributed by atoms with Crippen molar-refractivity contribution in [2.75, 3.05) is 19.6 Å². The second-order valence-electron chi connectivity index (χ2n) is 10.5. The van der Waals surface area contributed by atoms with Crippen molar-refractivity contribution in [3.05, 3.63) is 0 Å². The van der Waals surface area contributed by atoms with E-state index in [1.807, 2.05) is 0 Å². The van der Waals surface area contributed by atoms with E-state index in [9.17, 15) is 0 Å². The molecule has 0 spiro atoms. The fourth-order valence-electron chi connectivity index (χ4n) is 4.82. The Morgan fingerprint density at radius 3 is 1.06 bits per heavy atom. The maximum absolute atomic E-state index is 5.63. The van der Waals surface area contributed by atoms with Gasteiger partial charge < -0.3 is 10.6 Å². The zero-order valence-electron chi connectivity index (χ0n) is 23.0. The standard InChI is InChI=1S/C24H51N.C6H13N/c1-4-7-10-13-16-19-22-25(23-20-17-14-11-8-5-2)24-21-18-15-12-9-6-3;7-6-4-2-1-3-5-6/h4-24H2,1-3H3;6H,1-5,7H2. The van der Waals surface area contributed by atoms with Gasteiger partial charge in [0.2, 0.25) is 0 Å². The second kappa shape index (κ2) is 27.2. The van der Waals surface area contributed by atoms with Crippen molar-refractivity contribution < 1.29 is 0 Å². The van der Waals surface area contributed by atoms with Crippen molar-refractivity contribution in [3.63, 3.8) is 0 Å². The topological polar surface area (TPSA) is 29.3 Å². The summed E-state index contributed by atoms with van der Waals surface area (Å²) in [4.78, 5) is 2.79. The van der Waals surface area contributed by atoms with Gasteiger partial charge in [-0.2, -0.15) is 0 Å². The molecule has 0 amide bonds. The zero-order valence-corrected chi connectivity index (χ0v) is 23.0. The highest BCUT2D eigenvalue weighted by atomic mass is 15.1. The van der Waals surface area contributed by atoms with Crippen molar-refractivity contribution in [1.29, 1.82) is 0 Å². The molecule has 2 nitrogen and oxygen atoms in total. The molecular weight excluding hydrogens is 388 g/mol. The van der Waals surface area contributed by atoms with Gasteiger partial charge >= 0.3 is 0 Å². The predicted octanol–water partition coefficient (Wildman–Crippen LogP) is 9.65. The number of nitrogens with two attached hydrogens (primary N) is 1. The molecule has 0 aromatic carbocycles. The molecule has 0 aliphatic heterocycles. The average molecular weight is 453 g/mol. The molecule has 32 heavy (non-hydrogen) atoms. The molecule has 1 saturated carbocycles. The first-order valence-corrected chi connectivity index (χ1v) is 15.2. The predicted molar refractivity (Wildman–Crippen MR) is 148 cm³/mol. The lowest BCUT2D eigenvalue weighted by molar-refractivity contribution is 0.254. The summed E-state index contributed by atoms with van der Waals surface area (Å²) in [5.74, 6) is 0. The molecule has 0 aromatic rings. The van der Waals surface area contributed by atoms with Crippen molar-refractivity contribution in [2.45, 2.75) is 174 Å². The molecule has 194 valence electrons. The number of nitrogens with zero attached hydrogens (tertiary/aromatic N) is 1. The molecule has 0 bridgehead atoms. The molecule has 2 N–H and O–H groups in total. The highest BCUT2D eigenvalue weighted by Crippen LogP contribution is 2.15. The Labute approximate surface area is 204 Å². The van der Waals surface area contributed by atoms with E-state index in [-0.39, 0.29) is 0 Å². The molecular formula is C30H64N2. The third-order valence-corrected chi connectivity index (χ3v) is 7.13. The van der Waals surface area contributed by atoms with Gasteiger partial charge in [-0.25, -0.2) is 0 Å². The van der Waals surface area contributed by atoms with Crippen molar-refractivity contribution in [2.24, 2.45) is 5.73 Å². The van der Waals surface area contributed by atoms with Crippen LogP contribution in [0, 0.1) is 0 Å². The molecule has 0 aromatic heterocycles. The molecule has 1 aliphatic rings. The van der Waals surface area contributed by atoms with Crippen LogP contribution in [0.5, 0.6) is 0 Å².